The first-order chi connectivity index (χ1) is 12.0. The van der Waals surface area contributed by atoms with E-state index in [0.717, 1.165) is 25.1 Å². The van der Waals surface area contributed by atoms with Gasteiger partial charge in [-0.05, 0) is 43.1 Å². The number of hydrogen-bond acceptors (Lipinski definition) is 3. The van der Waals surface area contributed by atoms with Crippen LogP contribution in [0.5, 0.6) is 5.75 Å². The minimum Gasteiger partial charge on any atom is -0.494 e. The molecule has 0 amide bonds. The maximum atomic E-state index is 10.8. The molecule has 1 unspecified atom stereocenters. The van der Waals surface area contributed by atoms with Gasteiger partial charge in [-0.2, -0.15) is 0 Å². The molecular formula is C21H27NO3. The summed E-state index contributed by atoms with van der Waals surface area (Å²) in [4.78, 5) is 12.9. The number of nitrogens with zero attached hydrogens (tertiary/aromatic N) is 1. The van der Waals surface area contributed by atoms with E-state index in [2.05, 4.69) is 36.4 Å². The Morgan fingerprint density at radius 3 is 2.36 bits per heavy atom. The predicted octanol–water partition coefficient (Wildman–Crippen LogP) is 3.70. The molecule has 0 aliphatic carbocycles. The molecule has 0 fully saturated rings. The van der Waals surface area contributed by atoms with Gasteiger partial charge in [-0.25, -0.2) is 0 Å². The van der Waals surface area contributed by atoms with Gasteiger partial charge in [0, 0.05) is 13.1 Å². The number of benzene rings is 2. The molecule has 25 heavy (non-hydrogen) atoms. The molecule has 0 radical (unpaired) electrons. The van der Waals surface area contributed by atoms with E-state index in [1.807, 2.05) is 30.1 Å². The molecule has 1 N–H and O–H groups in total. The van der Waals surface area contributed by atoms with Crippen LogP contribution in [-0.4, -0.2) is 42.7 Å². The highest BCUT2D eigenvalue weighted by Gasteiger charge is 2.13. The summed E-state index contributed by atoms with van der Waals surface area (Å²) in [5.41, 5.74) is 2.57. The fourth-order valence-electron chi connectivity index (χ4n) is 2.70. The van der Waals surface area contributed by atoms with Crippen molar-refractivity contribution in [1.82, 2.24) is 4.90 Å². The van der Waals surface area contributed by atoms with Gasteiger partial charge < -0.3 is 14.7 Å². The normalized spacial score (nSPS) is 12.1. The third-order valence-corrected chi connectivity index (χ3v) is 4.13. The summed E-state index contributed by atoms with van der Waals surface area (Å²) in [6, 6.07) is 18.6. The van der Waals surface area contributed by atoms with E-state index >= 15 is 0 Å². The van der Waals surface area contributed by atoms with Crippen molar-refractivity contribution in [3.63, 3.8) is 0 Å². The summed E-state index contributed by atoms with van der Waals surface area (Å²) < 4.78 is 5.77. The lowest BCUT2D eigenvalue weighted by Crippen LogP contribution is -2.30. The van der Waals surface area contributed by atoms with Gasteiger partial charge in [-0.15, -0.1) is 0 Å². The molecule has 2 aromatic rings. The number of carboxylic acid groups (broad SMARTS) is 1. The van der Waals surface area contributed by atoms with Crippen LogP contribution in [0.25, 0.3) is 0 Å². The zero-order valence-electron chi connectivity index (χ0n) is 15.0. The van der Waals surface area contributed by atoms with E-state index in [1.54, 1.807) is 6.92 Å². The molecule has 0 heterocycles. The molecular weight excluding hydrogens is 314 g/mol. The van der Waals surface area contributed by atoms with Gasteiger partial charge in [0.15, 0.2) is 0 Å². The molecule has 134 valence electrons. The first-order valence-corrected chi connectivity index (χ1v) is 8.71. The lowest BCUT2D eigenvalue weighted by atomic mass is 10.1. The molecule has 0 bridgehead atoms. The lowest BCUT2D eigenvalue weighted by Gasteiger charge is -2.18. The van der Waals surface area contributed by atoms with Gasteiger partial charge in [0.25, 0.3) is 0 Å². The number of carboxylic acids is 1. The number of aliphatic carboxylic acids is 1. The van der Waals surface area contributed by atoms with Crippen molar-refractivity contribution in [3.8, 4) is 5.75 Å². The van der Waals surface area contributed by atoms with E-state index in [9.17, 15) is 4.79 Å². The number of hydrogen-bond donors (Lipinski definition) is 1. The van der Waals surface area contributed by atoms with Gasteiger partial charge in [0.05, 0.1) is 12.5 Å². The monoisotopic (exact) mass is 341 g/mol. The first kappa shape index (κ1) is 19.0. The fourth-order valence-corrected chi connectivity index (χ4v) is 2.70. The van der Waals surface area contributed by atoms with Crippen molar-refractivity contribution >= 4 is 5.97 Å². The molecule has 0 saturated heterocycles. The second kappa shape index (κ2) is 9.84. The van der Waals surface area contributed by atoms with Crippen LogP contribution < -0.4 is 4.74 Å². The standard InChI is InChI=1S/C21H27NO3/c1-17(21(23)24)16-22(2)13-6-14-25-20-11-9-19(10-12-20)15-18-7-4-3-5-8-18/h3-5,7-12,17H,6,13-16H2,1-2H3,(H,23,24). The van der Waals surface area contributed by atoms with Crippen molar-refractivity contribution in [2.75, 3.05) is 26.7 Å². The van der Waals surface area contributed by atoms with Gasteiger partial charge in [-0.3, -0.25) is 4.79 Å². The molecule has 0 spiro atoms. The lowest BCUT2D eigenvalue weighted by molar-refractivity contribution is -0.141. The van der Waals surface area contributed by atoms with Crippen molar-refractivity contribution in [2.24, 2.45) is 5.92 Å². The number of carbonyl (C=O) groups is 1. The van der Waals surface area contributed by atoms with Crippen LogP contribution in [0.2, 0.25) is 0 Å². The van der Waals surface area contributed by atoms with Gasteiger partial charge in [-0.1, -0.05) is 49.4 Å². The average Bonchev–Trinajstić information content (AvgIpc) is 2.61. The second-order valence-electron chi connectivity index (χ2n) is 6.51. The molecule has 1 atom stereocenters. The maximum Gasteiger partial charge on any atom is 0.307 e. The summed E-state index contributed by atoms with van der Waals surface area (Å²) in [5.74, 6) is -0.222. The molecule has 0 aromatic heterocycles. The van der Waals surface area contributed by atoms with E-state index in [1.165, 1.54) is 11.1 Å². The Hall–Kier alpha value is -2.33. The topological polar surface area (TPSA) is 49.8 Å². The minimum absolute atomic E-state index is 0.344. The Bertz CT molecular complexity index is 640. The fraction of sp³-hybridized carbons (Fsp3) is 0.381. The van der Waals surface area contributed by atoms with E-state index in [-0.39, 0.29) is 5.92 Å². The van der Waals surface area contributed by atoms with Crippen molar-refractivity contribution < 1.29 is 14.6 Å². The van der Waals surface area contributed by atoms with Crippen molar-refractivity contribution in [3.05, 3.63) is 65.7 Å². The Labute approximate surface area is 150 Å². The Kier molecular flexibility index (Phi) is 7.48. The zero-order valence-corrected chi connectivity index (χ0v) is 15.0. The smallest absolute Gasteiger partial charge is 0.307 e. The van der Waals surface area contributed by atoms with Crippen molar-refractivity contribution in [2.45, 2.75) is 19.8 Å². The van der Waals surface area contributed by atoms with Gasteiger partial charge in [0.1, 0.15) is 5.75 Å². The van der Waals surface area contributed by atoms with Gasteiger partial charge in [0.2, 0.25) is 0 Å². The quantitative estimate of drug-likeness (QED) is 0.670. The van der Waals surface area contributed by atoms with Gasteiger partial charge >= 0.3 is 5.97 Å². The maximum absolute atomic E-state index is 10.8. The molecule has 4 heteroatoms. The van der Waals surface area contributed by atoms with Crippen LogP contribution >= 0.6 is 0 Å². The Morgan fingerprint density at radius 1 is 1.08 bits per heavy atom. The third kappa shape index (κ3) is 6.98. The van der Waals surface area contributed by atoms with Crippen LogP contribution in [0, 0.1) is 5.92 Å². The summed E-state index contributed by atoms with van der Waals surface area (Å²) in [5, 5.41) is 8.92. The summed E-state index contributed by atoms with van der Waals surface area (Å²) >= 11 is 0. The van der Waals surface area contributed by atoms with Crippen LogP contribution in [0.4, 0.5) is 0 Å². The first-order valence-electron chi connectivity index (χ1n) is 8.71. The Balaban J connectivity index is 1.68. The molecule has 0 saturated carbocycles. The number of rotatable bonds is 10. The zero-order chi connectivity index (χ0) is 18.1. The molecule has 4 nitrogen and oxygen atoms in total. The summed E-state index contributed by atoms with van der Waals surface area (Å²) in [6.45, 7) is 3.74. The van der Waals surface area contributed by atoms with Crippen LogP contribution in [0.3, 0.4) is 0 Å². The van der Waals surface area contributed by atoms with Crippen molar-refractivity contribution in [1.29, 1.82) is 0 Å². The molecule has 2 rings (SSSR count). The van der Waals surface area contributed by atoms with E-state index in [0.29, 0.717) is 13.2 Å². The predicted molar refractivity (Wildman–Crippen MR) is 100 cm³/mol. The second-order valence-corrected chi connectivity index (χ2v) is 6.51. The van der Waals surface area contributed by atoms with Crippen LogP contribution in [0.1, 0.15) is 24.5 Å². The minimum atomic E-state index is -0.751. The largest absolute Gasteiger partial charge is 0.494 e. The van der Waals surface area contributed by atoms with Crippen LogP contribution in [0.15, 0.2) is 54.6 Å². The highest BCUT2D eigenvalue weighted by Crippen LogP contribution is 2.15. The summed E-state index contributed by atoms with van der Waals surface area (Å²) in [6.07, 6.45) is 1.79. The van der Waals surface area contributed by atoms with Crippen LogP contribution in [-0.2, 0) is 11.2 Å². The Morgan fingerprint density at radius 2 is 1.72 bits per heavy atom. The average molecular weight is 341 g/mol. The third-order valence-electron chi connectivity index (χ3n) is 4.13. The van der Waals surface area contributed by atoms with E-state index in [4.69, 9.17) is 9.84 Å². The summed E-state index contributed by atoms with van der Waals surface area (Å²) in [7, 11) is 1.94. The molecule has 0 aliphatic heterocycles. The molecule has 2 aromatic carbocycles. The number of ether oxygens (including phenoxy) is 1. The highest BCUT2D eigenvalue weighted by atomic mass is 16.5. The highest BCUT2D eigenvalue weighted by molar-refractivity contribution is 5.69. The molecule has 0 aliphatic rings. The SMILES string of the molecule is CC(CN(C)CCCOc1ccc(Cc2ccccc2)cc1)C(=O)O. The van der Waals surface area contributed by atoms with E-state index < -0.39 is 5.97 Å².